The molecule has 49 heavy (non-hydrogen) atoms. The van der Waals surface area contributed by atoms with E-state index in [0.29, 0.717) is 34.4 Å². The largest absolute Gasteiger partial charge is 0.416 e. The van der Waals surface area contributed by atoms with Gasteiger partial charge in [0, 0.05) is 30.2 Å². The maximum atomic E-state index is 14.5. The van der Waals surface area contributed by atoms with Crippen LogP contribution in [0.5, 0.6) is 0 Å². The van der Waals surface area contributed by atoms with Gasteiger partial charge in [0.15, 0.2) is 0 Å². The molecule has 3 aromatic carbocycles. The number of rotatable bonds is 10. The minimum absolute atomic E-state index is 0.0670. The summed E-state index contributed by atoms with van der Waals surface area (Å²) in [6.07, 6.45) is -4.64. The number of amides is 2. The van der Waals surface area contributed by atoms with E-state index in [1.807, 2.05) is 6.07 Å². The maximum Gasteiger partial charge on any atom is 0.416 e. The van der Waals surface area contributed by atoms with Gasteiger partial charge in [-0.2, -0.15) is 18.3 Å². The minimum Gasteiger partial charge on any atom is -0.396 e. The lowest BCUT2D eigenvalue weighted by Gasteiger charge is -2.39. The number of likely N-dealkylation sites (N-methyl/N-ethyl adjacent to an activating group) is 1. The normalized spacial score (nSPS) is 17.8. The fraction of sp³-hybridized carbons (Fsp3) is 0.343. The second-order valence-electron chi connectivity index (χ2n) is 12.6. The number of hydrogen-bond donors (Lipinski definition) is 3. The average Bonchev–Trinajstić information content (AvgIpc) is 3.45. The summed E-state index contributed by atoms with van der Waals surface area (Å²) in [5, 5.41) is 17.8. The smallest absolute Gasteiger partial charge is 0.396 e. The van der Waals surface area contributed by atoms with Crippen molar-refractivity contribution in [2.75, 3.05) is 18.1 Å². The molecular formula is C35H37F4N5O4S. The van der Waals surface area contributed by atoms with Crippen molar-refractivity contribution >= 4 is 28.6 Å². The van der Waals surface area contributed by atoms with Gasteiger partial charge < -0.3 is 10.4 Å². The lowest BCUT2D eigenvalue weighted by molar-refractivity contribution is -0.137. The molecule has 0 fully saturated rings. The summed E-state index contributed by atoms with van der Waals surface area (Å²) in [5.41, 5.74) is 0.413. The number of nitrogens with zero attached hydrogens (tertiary/aromatic N) is 3. The van der Waals surface area contributed by atoms with E-state index in [1.54, 1.807) is 56.6 Å². The van der Waals surface area contributed by atoms with E-state index in [-0.39, 0.29) is 25.1 Å². The van der Waals surface area contributed by atoms with Crippen LogP contribution in [0.1, 0.15) is 78.8 Å². The number of benzene rings is 3. The van der Waals surface area contributed by atoms with Gasteiger partial charge in [-0.05, 0) is 82.1 Å². The minimum atomic E-state index is -4.70. The Balaban J connectivity index is 1.76. The van der Waals surface area contributed by atoms with E-state index in [1.165, 1.54) is 35.2 Å². The maximum absolute atomic E-state index is 14.5. The van der Waals surface area contributed by atoms with Crippen molar-refractivity contribution in [3.8, 4) is 5.69 Å². The number of anilines is 1. The summed E-state index contributed by atoms with van der Waals surface area (Å²) in [4.78, 5) is 29.6. The lowest BCUT2D eigenvalue weighted by atomic mass is 9.79. The van der Waals surface area contributed by atoms with Gasteiger partial charge in [-0.1, -0.05) is 36.4 Å². The van der Waals surface area contributed by atoms with Crippen LogP contribution in [0.25, 0.3) is 5.69 Å². The van der Waals surface area contributed by atoms with E-state index in [4.69, 9.17) is 5.10 Å². The van der Waals surface area contributed by atoms with Crippen molar-refractivity contribution in [3.63, 3.8) is 0 Å². The van der Waals surface area contributed by atoms with Crippen molar-refractivity contribution in [2.45, 2.75) is 63.0 Å². The summed E-state index contributed by atoms with van der Waals surface area (Å²) in [6.45, 7) is 6.86. The average molecular weight is 700 g/mol. The quantitative estimate of drug-likeness (QED) is 0.181. The number of carbonyl (C=O) groups is 2. The third-order valence-electron chi connectivity index (χ3n) is 8.20. The third kappa shape index (κ3) is 7.46. The zero-order valence-corrected chi connectivity index (χ0v) is 28.1. The predicted octanol–water partition coefficient (Wildman–Crippen LogP) is 5.80. The highest BCUT2D eigenvalue weighted by Gasteiger charge is 2.47. The number of para-hydroxylation sites is 1. The Morgan fingerprint density at radius 3 is 2.29 bits per heavy atom. The Labute approximate surface area is 283 Å². The Bertz CT molecular complexity index is 1840. The zero-order chi connectivity index (χ0) is 35.7. The van der Waals surface area contributed by atoms with E-state index < -0.39 is 63.1 Å². The Kier molecular flexibility index (Phi) is 10.4. The number of nitrogens with one attached hydrogen (secondary N) is 2. The first-order chi connectivity index (χ1) is 23.1. The van der Waals surface area contributed by atoms with Gasteiger partial charge in [-0.15, -0.1) is 0 Å². The zero-order valence-electron chi connectivity index (χ0n) is 27.3. The number of hydrogen-bond acceptors (Lipinski definition) is 5. The van der Waals surface area contributed by atoms with Crippen LogP contribution >= 0.6 is 0 Å². The second-order valence-corrected chi connectivity index (χ2v) is 14.6. The predicted molar refractivity (Wildman–Crippen MR) is 178 cm³/mol. The topological polar surface area (TPSA) is 117 Å². The summed E-state index contributed by atoms with van der Waals surface area (Å²) in [7, 11) is -1.64. The van der Waals surface area contributed by atoms with Crippen molar-refractivity contribution in [1.82, 2.24) is 19.8 Å². The highest BCUT2D eigenvalue weighted by Crippen LogP contribution is 2.46. The number of carbonyl (C=O) groups excluding carboxylic acids is 2. The van der Waals surface area contributed by atoms with Crippen LogP contribution in [0, 0.1) is 5.82 Å². The molecule has 0 saturated carbocycles. The molecule has 14 heteroatoms. The molecule has 0 radical (unpaired) electrons. The number of aliphatic hydroxyl groups is 1. The fourth-order valence-electron chi connectivity index (χ4n) is 5.81. The van der Waals surface area contributed by atoms with Crippen LogP contribution < -0.4 is 14.9 Å². The van der Waals surface area contributed by atoms with Crippen LogP contribution in [-0.2, 0) is 22.0 Å². The molecule has 0 unspecified atom stereocenters. The first-order valence-electron chi connectivity index (χ1n) is 15.7. The van der Waals surface area contributed by atoms with E-state index >= 15 is 0 Å². The van der Waals surface area contributed by atoms with Crippen LogP contribution in [-0.4, -0.2) is 54.9 Å². The van der Waals surface area contributed by atoms with Gasteiger partial charge in [-0.3, -0.25) is 14.5 Å². The summed E-state index contributed by atoms with van der Waals surface area (Å²) in [5.74, 6) is -2.73. The van der Waals surface area contributed by atoms with Crippen LogP contribution in [0.15, 0.2) is 78.9 Å². The third-order valence-corrected chi connectivity index (χ3v) is 9.81. The summed E-state index contributed by atoms with van der Waals surface area (Å²) < 4.78 is 72.3. The summed E-state index contributed by atoms with van der Waals surface area (Å²) in [6, 6.07) is 16.0. The number of aliphatic hydroxyl groups excluding tert-OH is 1. The van der Waals surface area contributed by atoms with Gasteiger partial charge in [-0.25, -0.2) is 18.0 Å². The fourth-order valence-corrected chi connectivity index (χ4v) is 6.65. The van der Waals surface area contributed by atoms with Crippen LogP contribution in [0.3, 0.4) is 0 Å². The molecular weight excluding hydrogens is 662 g/mol. The standard InChI is InChI=1S/C35H37F4N5O4S/c1-5-43-32-28(29(41-44(32)25-12-7-6-8-13-25)26(18-19-45)42-49(48)34(2,3)4)27(21-14-16-24(36)17-15-21)30(33(43)47)40-31(46)22-10-9-11-23(20-22)35(37,38)39/h6-17,20,26-27,30,42,45H,5,18-19H2,1-4H3,(H,40,46)/t26-,27+,30+,49+/m1/s1. The van der Waals surface area contributed by atoms with Crippen molar-refractivity contribution in [2.24, 2.45) is 0 Å². The van der Waals surface area contributed by atoms with E-state index in [9.17, 15) is 36.5 Å². The molecule has 4 atom stereocenters. The molecule has 1 aliphatic heterocycles. The van der Waals surface area contributed by atoms with Crippen molar-refractivity contribution in [1.29, 1.82) is 0 Å². The monoisotopic (exact) mass is 699 g/mol. The van der Waals surface area contributed by atoms with Gasteiger partial charge >= 0.3 is 6.18 Å². The molecule has 0 aliphatic carbocycles. The first-order valence-corrected chi connectivity index (χ1v) is 16.8. The molecule has 4 aromatic rings. The molecule has 1 aromatic heterocycles. The van der Waals surface area contributed by atoms with Gasteiger partial charge in [0.05, 0.1) is 38.7 Å². The van der Waals surface area contributed by atoms with Crippen molar-refractivity contribution < 1.29 is 36.5 Å². The number of aromatic nitrogens is 2. The number of halogens is 4. The molecule has 0 bridgehead atoms. The van der Waals surface area contributed by atoms with Crippen molar-refractivity contribution in [3.05, 3.63) is 113 Å². The lowest BCUT2D eigenvalue weighted by Crippen LogP contribution is -2.55. The Morgan fingerprint density at radius 2 is 1.69 bits per heavy atom. The first kappa shape index (κ1) is 35.9. The van der Waals surface area contributed by atoms with Gasteiger partial charge in [0.1, 0.15) is 17.7 Å². The molecule has 0 saturated heterocycles. The number of alkyl halides is 3. The number of fused-ring (bicyclic) bond motifs is 1. The molecule has 260 valence electrons. The summed E-state index contributed by atoms with van der Waals surface area (Å²) >= 11 is 0. The second kappa shape index (κ2) is 14.2. The van der Waals surface area contributed by atoms with Crippen LogP contribution in [0.2, 0.25) is 0 Å². The SMILES string of the molecule is CCN1C(=O)[C@@H](NC(=O)c2cccc(C(F)(F)F)c2)[C@@H](c2ccc(F)cc2)c2c([C@@H](CCO)N[S@@](=O)C(C)(C)C)nn(-c3ccccc3)c21. The molecule has 2 heterocycles. The van der Waals surface area contributed by atoms with Crippen LogP contribution in [0.4, 0.5) is 23.4 Å². The molecule has 1 aliphatic rings. The molecule has 2 amide bonds. The highest BCUT2D eigenvalue weighted by molar-refractivity contribution is 7.84. The van der Waals surface area contributed by atoms with E-state index in [2.05, 4.69) is 10.0 Å². The molecule has 5 rings (SSSR count). The highest BCUT2D eigenvalue weighted by atomic mass is 32.2. The van der Waals surface area contributed by atoms with Gasteiger partial charge in [0.25, 0.3) is 11.8 Å². The molecule has 9 nitrogen and oxygen atoms in total. The Morgan fingerprint density at radius 1 is 1.02 bits per heavy atom. The molecule has 0 spiro atoms. The van der Waals surface area contributed by atoms with Gasteiger partial charge in [0.2, 0.25) is 0 Å². The van der Waals surface area contributed by atoms with E-state index in [0.717, 1.165) is 12.1 Å². The Hall–Kier alpha value is -4.40. The molecule has 3 N–H and O–H groups in total.